The maximum atomic E-state index is 13.3. The molecule has 12 aromatic rings. The van der Waals surface area contributed by atoms with Gasteiger partial charge in [-0.05, 0) is 144 Å². The van der Waals surface area contributed by atoms with Gasteiger partial charge in [0, 0.05) is 96.6 Å². The molecule has 0 unspecified atom stereocenters. The van der Waals surface area contributed by atoms with E-state index in [4.69, 9.17) is 19.3 Å². The molecular formula is C108H103F8N5O15. The lowest BCUT2D eigenvalue weighted by atomic mass is 9.95. The zero-order valence-corrected chi connectivity index (χ0v) is 76.2. The second-order valence-electron chi connectivity index (χ2n) is 30.5. The number of esters is 1. The fraction of sp³-hybridized carbons (Fsp3) is 0.185. The Morgan fingerprint density at radius 3 is 1.19 bits per heavy atom. The van der Waals surface area contributed by atoms with Gasteiger partial charge in [-0.15, -0.1) is 0 Å². The molecule has 0 heterocycles. The Kier molecular flexibility index (Phi) is 41.2. The average molecular weight is 1860 g/mol. The number of aryl methyl sites for hydroxylation is 2. The van der Waals surface area contributed by atoms with Gasteiger partial charge >= 0.3 is 36.4 Å². The van der Waals surface area contributed by atoms with E-state index in [0.29, 0.717) is 104 Å². The van der Waals surface area contributed by atoms with Crippen molar-refractivity contribution in [1.82, 2.24) is 0 Å². The standard InChI is InChI=1S/C20H20O3.C19H17F3O2.C18H16F3NO2.C18H16F2O3.C17H18N2O2.C16H16N2O3/c1-14(21)17-9-6-7-16(11-17)12-19(22)13-18-8-4-5-10-20(18)15(2)23-3;1-2-18(24)17-9-4-3-7-14(17)12-16(23)11-13-6-5-8-15(10-13)19(20,21)22;1-12(24-2)14-8-4-3-7-13(14)11-17(23)22-16-10-6-5-9-15(16)18(19,20)21;1-18(19,20)14-7-4-5-12(9-14)10-15(21)11-13-6-2-3-8-16(13)17(22)23;1-12-8-4-6-10-15(12)18-17(20)19-16-11-7-5-9-14(16)13(2)21-3;1-11-7-9-12(10-8-11)17-16(20)18-14-6-4-3-5-13(14)15(19)21-2/h4-11H,2,12-13H2,1,3H3;3-10H,2,11-12H2,1H3;3-10H,1,11H2,2H3,(H,22,23);2-9H,10-11H2,1H3,(H,22,23);4-11H,2H2,1,3H3,(H2,18,19,20);3-10H,1-2H3,(H2,17,18,20). The second-order valence-corrected chi connectivity index (χ2v) is 30.5. The van der Waals surface area contributed by atoms with E-state index in [1.165, 1.54) is 75.7 Å². The molecule has 12 rings (SSSR count). The summed E-state index contributed by atoms with van der Waals surface area (Å²) in [7, 11) is 5.87. The number of nitrogens with one attached hydrogen (secondary N) is 5. The number of hydrogen-bond acceptors (Lipinski definition) is 14. The number of rotatable bonds is 31. The smallest absolute Gasteiger partial charge is 0.418 e. The number of hydrogen-bond donors (Lipinski definition) is 6. The van der Waals surface area contributed by atoms with E-state index in [1.807, 2.05) is 98.8 Å². The van der Waals surface area contributed by atoms with E-state index >= 15 is 0 Å². The highest BCUT2D eigenvalue weighted by molar-refractivity contribution is 6.06. The first-order chi connectivity index (χ1) is 64.6. The molecule has 0 fully saturated rings. The minimum atomic E-state index is -4.54. The Morgan fingerprint density at radius 1 is 0.353 bits per heavy atom. The molecule has 5 amide bonds. The number of carbonyl (C=O) groups is 10. The number of aromatic carboxylic acids is 1. The van der Waals surface area contributed by atoms with Crippen molar-refractivity contribution in [3.8, 4) is 0 Å². The lowest BCUT2D eigenvalue weighted by Crippen LogP contribution is -2.21. The molecule has 20 nitrogen and oxygen atoms in total. The Labute approximate surface area is 783 Å². The fourth-order valence-electron chi connectivity index (χ4n) is 13.3. The van der Waals surface area contributed by atoms with E-state index in [0.717, 1.165) is 64.2 Å². The number of Topliss-reactive ketones (excluding diaryl/α,β-unsaturated/α-hetero) is 5. The number of ether oxygens (including phenoxy) is 4. The van der Waals surface area contributed by atoms with E-state index in [9.17, 15) is 83.1 Å². The van der Waals surface area contributed by atoms with E-state index in [1.54, 1.807) is 155 Å². The van der Waals surface area contributed by atoms with Gasteiger partial charge in [-0.1, -0.05) is 245 Å². The third-order valence-electron chi connectivity index (χ3n) is 20.3. The molecule has 28 heteroatoms. The third kappa shape index (κ3) is 34.6. The molecular weight excluding hydrogens is 1760 g/mol. The zero-order valence-electron chi connectivity index (χ0n) is 76.2. The van der Waals surface area contributed by atoms with Crippen molar-refractivity contribution >= 4 is 105 Å². The Bertz CT molecular complexity index is 6240. The molecule has 6 N–H and O–H groups in total. The molecule has 136 heavy (non-hydrogen) atoms. The SMILES string of the molecule is C=C(OC)c1ccccc1CC(=O)Cc1cccc(C(C)=O)c1.C=C(OC)c1ccccc1CC(=O)Nc1ccccc1C(F)(F)F.C=C(OC)c1ccccc1NC(=O)Nc1ccccc1C.CC(F)(F)c1cccc(CC(=O)Cc2ccccc2C(=O)O)c1.CCC(=O)c1ccccc1CC(=O)Cc1cccc(C(F)(F)F)c1.COC(=O)c1ccccc1NC(=O)Nc1ccc(C)cc1. The molecule has 0 aliphatic heterocycles. The van der Waals surface area contributed by atoms with Crippen molar-refractivity contribution in [3.63, 3.8) is 0 Å². The summed E-state index contributed by atoms with van der Waals surface area (Å²) in [6, 6.07) is 78.5. The predicted octanol–water partition coefficient (Wildman–Crippen LogP) is 24.5. The number of halogens is 8. The minimum Gasteiger partial charge on any atom is -0.497 e. The van der Waals surface area contributed by atoms with Gasteiger partial charge in [0.15, 0.2) is 11.6 Å². The zero-order chi connectivity index (χ0) is 99.8. The van der Waals surface area contributed by atoms with Crippen molar-refractivity contribution < 1.29 is 107 Å². The van der Waals surface area contributed by atoms with Crippen molar-refractivity contribution in [2.75, 3.05) is 55.0 Å². The van der Waals surface area contributed by atoms with Crippen LogP contribution in [0, 0.1) is 13.8 Å². The fourth-order valence-corrected chi connectivity index (χ4v) is 13.3. The molecule has 0 saturated carbocycles. The van der Waals surface area contributed by atoms with Gasteiger partial charge < -0.3 is 50.6 Å². The van der Waals surface area contributed by atoms with Crippen LogP contribution in [-0.4, -0.2) is 92.4 Å². The van der Waals surface area contributed by atoms with E-state index < -0.39 is 53.3 Å². The van der Waals surface area contributed by atoms with Crippen LogP contribution >= 0.6 is 0 Å². The monoisotopic (exact) mass is 1860 g/mol. The molecule has 706 valence electrons. The number of para-hydroxylation sites is 4. The summed E-state index contributed by atoms with van der Waals surface area (Å²) in [5.74, 6) is -4.11. The number of carboxylic acid groups (broad SMARTS) is 1. The van der Waals surface area contributed by atoms with Crippen LogP contribution in [0.15, 0.2) is 311 Å². The first kappa shape index (κ1) is 107. The first-order valence-corrected chi connectivity index (χ1v) is 42.2. The Hall–Kier alpha value is -16.0. The van der Waals surface area contributed by atoms with Crippen LogP contribution in [0.1, 0.15) is 152 Å². The largest absolute Gasteiger partial charge is 0.497 e. The van der Waals surface area contributed by atoms with Gasteiger partial charge in [0.2, 0.25) is 5.91 Å². The van der Waals surface area contributed by atoms with Crippen LogP contribution in [0.2, 0.25) is 0 Å². The summed E-state index contributed by atoms with van der Waals surface area (Å²) in [5.41, 5.74) is 10.5. The molecule has 0 saturated heterocycles. The second kappa shape index (κ2) is 52.3. The number of urea groups is 2. The minimum absolute atomic E-state index is 0.000961. The van der Waals surface area contributed by atoms with Gasteiger partial charge in [-0.25, -0.2) is 28.0 Å². The first-order valence-electron chi connectivity index (χ1n) is 42.2. The quantitative estimate of drug-likeness (QED) is 0.0102. The lowest BCUT2D eigenvalue weighted by molar-refractivity contribution is -0.138. The summed E-state index contributed by atoms with van der Waals surface area (Å²) in [4.78, 5) is 119. The Morgan fingerprint density at radius 2 is 0.728 bits per heavy atom. The third-order valence-corrected chi connectivity index (χ3v) is 20.3. The number of anilines is 5. The maximum absolute atomic E-state index is 13.3. The molecule has 0 aliphatic rings. The highest BCUT2D eigenvalue weighted by Crippen LogP contribution is 2.36. The summed E-state index contributed by atoms with van der Waals surface area (Å²) in [5, 5.41) is 22.4. The molecule has 0 atom stereocenters. The highest BCUT2D eigenvalue weighted by Gasteiger charge is 2.34. The highest BCUT2D eigenvalue weighted by atomic mass is 19.4. The van der Waals surface area contributed by atoms with Crippen LogP contribution in [0.5, 0.6) is 0 Å². The number of carboxylic acids is 1. The molecule has 0 radical (unpaired) electrons. The van der Waals surface area contributed by atoms with Gasteiger partial charge in [-0.2, -0.15) is 26.3 Å². The van der Waals surface area contributed by atoms with Gasteiger partial charge in [0.05, 0.1) is 74.2 Å². The number of carbonyl (C=O) groups excluding carboxylic acids is 9. The molecule has 0 spiro atoms. The van der Waals surface area contributed by atoms with Crippen LogP contribution in [0.3, 0.4) is 0 Å². The maximum Gasteiger partial charge on any atom is 0.418 e. The van der Waals surface area contributed by atoms with Crippen molar-refractivity contribution in [2.24, 2.45) is 0 Å². The summed E-state index contributed by atoms with van der Waals surface area (Å²) >= 11 is 0. The van der Waals surface area contributed by atoms with Gasteiger partial charge in [0.25, 0.3) is 5.92 Å². The Balaban J connectivity index is 0.000000223. The number of alkyl halides is 8. The van der Waals surface area contributed by atoms with Crippen LogP contribution < -0.4 is 26.6 Å². The average Bonchev–Trinajstić information content (AvgIpc) is 0.826. The number of benzene rings is 12. The normalized spacial score (nSPS) is 10.6. The van der Waals surface area contributed by atoms with Gasteiger partial charge in [-0.3, -0.25) is 28.8 Å². The van der Waals surface area contributed by atoms with Crippen LogP contribution in [0.25, 0.3) is 17.3 Å². The van der Waals surface area contributed by atoms with Crippen molar-refractivity contribution in [3.05, 3.63) is 417 Å². The van der Waals surface area contributed by atoms with Gasteiger partial charge in [0.1, 0.15) is 34.6 Å². The summed E-state index contributed by atoms with van der Waals surface area (Å²) in [6.07, 6.45) is -8.25. The molecule has 0 bridgehead atoms. The number of ketones is 5. The summed E-state index contributed by atoms with van der Waals surface area (Å²) in [6.45, 7) is 19.4. The number of methoxy groups -OCH3 is 4. The van der Waals surface area contributed by atoms with E-state index in [2.05, 4.69) is 51.1 Å². The van der Waals surface area contributed by atoms with Crippen molar-refractivity contribution in [2.45, 2.75) is 104 Å². The van der Waals surface area contributed by atoms with E-state index in [-0.39, 0.29) is 83.9 Å². The summed E-state index contributed by atoms with van der Waals surface area (Å²) < 4.78 is 124. The molecule has 0 aliphatic carbocycles. The van der Waals surface area contributed by atoms with Crippen LogP contribution in [-0.2, 0) is 101 Å². The molecule has 12 aromatic carbocycles. The molecule has 0 aromatic heterocycles. The predicted molar refractivity (Wildman–Crippen MR) is 512 cm³/mol. The lowest BCUT2D eigenvalue weighted by Gasteiger charge is -2.14. The van der Waals surface area contributed by atoms with Crippen molar-refractivity contribution in [1.29, 1.82) is 0 Å². The topological polar surface area (TPSA) is 288 Å². The van der Waals surface area contributed by atoms with Crippen LogP contribution in [0.4, 0.5) is 73.1 Å². The number of amides is 5.